The zero-order valence-corrected chi connectivity index (χ0v) is 10.1. The molecule has 0 spiro atoms. The lowest BCUT2D eigenvalue weighted by Crippen LogP contribution is -1.93. The first-order valence-electron chi connectivity index (χ1n) is 4.84. The second-order valence-electron chi connectivity index (χ2n) is 3.49. The van der Waals surface area contributed by atoms with Crippen molar-refractivity contribution in [3.8, 4) is 5.75 Å². The number of phenolic OH excluding ortho intramolecular Hbond substituents is 1. The summed E-state index contributed by atoms with van der Waals surface area (Å²) < 4.78 is 27.7. The molecular weight excluding hydrogens is 278 g/mol. The van der Waals surface area contributed by atoms with Gasteiger partial charge in [-0.2, -0.15) is 0 Å². The summed E-state index contributed by atoms with van der Waals surface area (Å²) in [6.45, 7) is 1.80. The summed E-state index contributed by atoms with van der Waals surface area (Å²) in [5.74, 6) is -1.51. The first-order chi connectivity index (χ1) is 7.56. The average Bonchev–Trinajstić information content (AvgIpc) is 2.25. The fourth-order valence-corrected chi connectivity index (χ4v) is 2.49. The van der Waals surface area contributed by atoms with Gasteiger partial charge in [-0.25, -0.2) is 8.78 Å². The summed E-state index contributed by atoms with van der Waals surface area (Å²) in [5.41, 5.74) is 0.447. The van der Waals surface area contributed by atoms with Crippen LogP contribution in [-0.4, -0.2) is 5.11 Å². The van der Waals surface area contributed by atoms with Crippen LogP contribution in [0.1, 0.15) is 12.5 Å². The van der Waals surface area contributed by atoms with Crippen molar-refractivity contribution in [2.45, 2.75) is 13.3 Å². The molecular formula is C12H9BrF2O. The van der Waals surface area contributed by atoms with Crippen LogP contribution in [-0.2, 0) is 6.42 Å². The van der Waals surface area contributed by atoms with Gasteiger partial charge in [0, 0.05) is 15.2 Å². The smallest absolute Gasteiger partial charge is 0.172 e. The van der Waals surface area contributed by atoms with Gasteiger partial charge in [-0.15, -0.1) is 0 Å². The Balaban J connectivity index is 2.99. The zero-order chi connectivity index (χ0) is 11.9. The van der Waals surface area contributed by atoms with Crippen molar-refractivity contribution in [2.75, 3.05) is 0 Å². The monoisotopic (exact) mass is 286 g/mol. The van der Waals surface area contributed by atoms with Crippen LogP contribution in [0, 0.1) is 11.6 Å². The molecule has 2 rings (SSSR count). The minimum absolute atomic E-state index is 0.227. The number of aromatic hydroxyl groups is 1. The Morgan fingerprint density at radius 1 is 1.31 bits per heavy atom. The Morgan fingerprint density at radius 3 is 2.62 bits per heavy atom. The molecule has 4 heteroatoms. The van der Waals surface area contributed by atoms with E-state index in [0.29, 0.717) is 21.8 Å². The van der Waals surface area contributed by atoms with Gasteiger partial charge in [-0.05, 0) is 30.2 Å². The van der Waals surface area contributed by atoms with Crippen molar-refractivity contribution in [2.24, 2.45) is 0 Å². The maximum Gasteiger partial charge on any atom is 0.172 e. The molecule has 0 fully saturated rings. The SMILES string of the molecule is CCc1c(F)ccc2c(F)c(O)cc(Br)c12. The maximum atomic E-state index is 13.6. The molecule has 84 valence electrons. The quantitative estimate of drug-likeness (QED) is 0.835. The molecule has 0 saturated carbocycles. The number of halogens is 3. The van der Waals surface area contributed by atoms with Gasteiger partial charge < -0.3 is 5.11 Å². The van der Waals surface area contributed by atoms with Gasteiger partial charge in [-0.3, -0.25) is 0 Å². The van der Waals surface area contributed by atoms with E-state index in [1.807, 2.05) is 0 Å². The Kier molecular flexibility index (Phi) is 2.84. The average molecular weight is 287 g/mol. The van der Waals surface area contributed by atoms with Crippen LogP contribution in [0.2, 0.25) is 0 Å². The Labute approximate surface area is 99.8 Å². The fraction of sp³-hybridized carbons (Fsp3) is 0.167. The van der Waals surface area contributed by atoms with Crippen LogP contribution in [0.15, 0.2) is 22.7 Å². The van der Waals surface area contributed by atoms with Crippen LogP contribution >= 0.6 is 15.9 Å². The van der Waals surface area contributed by atoms with Crippen LogP contribution < -0.4 is 0 Å². The van der Waals surface area contributed by atoms with E-state index in [2.05, 4.69) is 15.9 Å². The van der Waals surface area contributed by atoms with E-state index in [9.17, 15) is 13.9 Å². The van der Waals surface area contributed by atoms with Crippen molar-refractivity contribution in [3.63, 3.8) is 0 Å². The fourth-order valence-electron chi connectivity index (χ4n) is 1.82. The summed E-state index contributed by atoms with van der Waals surface area (Å²) in [7, 11) is 0. The summed E-state index contributed by atoms with van der Waals surface area (Å²) in [4.78, 5) is 0. The number of hydrogen-bond acceptors (Lipinski definition) is 1. The first kappa shape index (κ1) is 11.3. The minimum Gasteiger partial charge on any atom is -0.505 e. The van der Waals surface area contributed by atoms with Crippen LogP contribution in [0.25, 0.3) is 10.8 Å². The molecule has 2 aromatic carbocycles. The predicted molar refractivity (Wildman–Crippen MR) is 62.6 cm³/mol. The standard InChI is InChI=1S/C12H9BrF2O/c1-2-6-9(14)4-3-7-11(6)8(13)5-10(16)12(7)15/h3-5,16H,2H2,1H3. The topological polar surface area (TPSA) is 20.2 Å². The van der Waals surface area contributed by atoms with E-state index >= 15 is 0 Å². The van der Waals surface area contributed by atoms with E-state index in [0.717, 1.165) is 0 Å². The third kappa shape index (κ3) is 1.57. The molecule has 0 aliphatic heterocycles. The van der Waals surface area contributed by atoms with E-state index in [4.69, 9.17) is 0 Å². The van der Waals surface area contributed by atoms with Crippen molar-refractivity contribution >= 4 is 26.7 Å². The molecule has 16 heavy (non-hydrogen) atoms. The van der Waals surface area contributed by atoms with E-state index in [1.54, 1.807) is 6.92 Å². The molecule has 0 aliphatic rings. The third-order valence-corrected chi connectivity index (χ3v) is 3.20. The molecule has 0 bridgehead atoms. The maximum absolute atomic E-state index is 13.6. The van der Waals surface area contributed by atoms with Gasteiger partial charge in [0.15, 0.2) is 11.6 Å². The highest BCUT2D eigenvalue weighted by atomic mass is 79.9. The van der Waals surface area contributed by atoms with E-state index in [1.165, 1.54) is 18.2 Å². The zero-order valence-electron chi connectivity index (χ0n) is 8.52. The third-order valence-electron chi connectivity index (χ3n) is 2.57. The van der Waals surface area contributed by atoms with Gasteiger partial charge in [0.25, 0.3) is 0 Å². The normalized spacial score (nSPS) is 11.0. The van der Waals surface area contributed by atoms with Gasteiger partial charge >= 0.3 is 0 Å². The number of aryl methyl sites for hydroxylation is 1. The molecule has 0 atom stereocenters. The lowest BCUT2D eigenvalue weighted by atomic mass is 10.0. The van der Waals surface area contributed by atoms with Crippen LogP contribution in [0.5, 0.6) is 5.75 Å². The van der Waals surface area contributed by atoms with E-state index in [-0.39, 0.29) is 11.2 Å². The number of fused-ring (bicyclic) bond motifs is 1. The Morgan fingerprint density at radius 2 is 2.00 bits per heavy atom. The molecule has 0 heterocycles. The largest absolute Gasteiger partial charge is 0.505 e. The Bertz CT molecular complexity index is 567. The molecule has 1 N–H and O–H groups in total. The first-order valence-corrected chi connectivity index (χ1v) is 5.63. The predicted octanol–water partition coefficient (Wildman–Crippen LogP) is 4.15. The molecule has 0 unspecified atom stereocenters. The van der Waals surface area contributed by atoms with Crippen molar-refractivity contribution in [1.29, 1.82) is 0 Å². The highest BCUT2D eigenvalue weighted by Crippen LogP contribution is 2.35. The highest BCUT2D eigenvalue weighted by molar-refractivity contribution is 9.10. The molecule has 1 nitrogen and oxygen atoms in total. The number of rotatable bonds is 1. The van der Waals surface area contributed by atoms with Crippen molar-refractivity contribution in [1.82, 2.24) is 0 Å². The van der Waals surface area contributed by atoms with Gasteiger partial charge in [0.2, 0.25) is 0 Å². The van der Waals surface area contributed by atoms with Crippen LogP contribution in [0.3, 0.4) is 0 Å². The summed E-state index contributed by atoms with van der Waals surface area (Å²) >= 11 is 3.21. The van der Waals surface area contributed by atoms with Crippen molar-refractivity contribution in [3.05, 3.63) is 39.9 Å². The summed E-state index contributed by atoms with van der Waals surface area (Å²) in [6.07, 6.45) is 0.464. The molecule has 0 aromatic heterocycles. The number of hydrogen-bond donors (Lipinski definition) is 1. The Hall–Kier alpha value is -1.16. The molecule has 0 radical (unpaired) electrons. The number of phenols is 1. The second-order valence-corrected chi connectivity index (χ2v) is 4.35. The van der Waals surface area contributed by atoms with Gasteiger partial charge in [-0.1, -0.05) is 22.9 Å². The van der Waals surface area contributed by atoms with Crippen molar-refractivity contribution < 1.29 is 13.9 Å². The van der Waals surface area contributed by atoms with Gasteiger partial charge in [0.1, 0.15) is 5.82 Å². The summed E-state index contributed by atoms with van der Waals surface area (Å²) in [6, 6.07) is 3.80. The molecule has 0 saturated heterocycles. The molecule has 0 aliphatic carbocycles. The number of benzene rings is 2. The van der Waals surface area contributed by atoms with Gasteiger partial charge in [0.05, 0.1) is 0 Å². The molecule has 0 amide bonds. The van der Waals surface area contributed by atoms with E-state index < -0.39 is 11.6 Å². The highest BCUT2D eigenvalue weighted by Gasteiger charge is 2.15. The molecule has 2 aromatic rings. The lowest BCUT2D eigenvalue weighted by Gasteiger charge is -2.09. The lowest BCUT2D eigenvalue weighted by molar-refractivity contribution is 0.435. The minimum atomic E-state index is -0.715. The van der Waals surface area contributed by atoms with Crippen LogP contribution in [0.4, 0.5) is 8.78 Å². The summed E-state index contributed by atoms with van der Waals surface area (Å²) in [5, 5.41) is 10.0. The second kappa shape index (κ2) is 4.01.